The van der Waals surface area contributed by atoms with Gasteiger partial charge in [-0.3, -0.25) is 9.59 Å². The molecule has 29 heavy (non-hydrogen) atoms. The number of carbonyl (C=O) groups excluding carboxylic acids is 2. The highest BCUT2D eigenvalue weighted by Crippen LogP contribution is 2.19. The van der Waals surface area contributed by atoms with E-state index in [-0.39, 0.29) is 17.6 Å². The molecule has 0 radical (unpaired) electrons. The van der Waals surface area contributed by atoms with Gasteiger partial charge < -0.3 is 19.5 Å². The van der Waals surface area contributed by atoms with Crippen LogP contribution >= 0.6 is 0 Å². The fraction of sp³-hybridized carbons (Fsp3) is 0.478. The third-order valence-electron chi connectivity index (χ3n) is 6.11. The Hall–Kier alpha value is -2.44. The van der Waals surface area contributed by atoms with Crippen LogP contribution in [0, 0.1) is 13.8 Å². The maximum Gasteiger partial charge on any atom is 0.235 e. The zero-order chi connectivity index (χ0) is 21.0. The van der Waals surface area contributed by atoms with Gasteiger partial charge in [-0.1, -0.05) is 18.2 Å². The molecular formula is C23H33N3O3+2. The molecule has 0 bridgehead atoms. The van der Waals surface area contributed by atoms with Gasteiger partial charge in [0.25, 0.3) is 0 Å². The van der Waals surface area contributed by atoms with Crippen molar-refractivity contribution in [2.75, 3.05) is 39.3 Å². The summed E-state index contributed by atoms with van der Waals surface area (Å²) >= 11 is 0. The van der Waals surface area contributed by atoms with Gasteiger partial charge in [0, 0.05) is 11.3 Å². The highest BCUT2D eigenvalue weighted by Gasteiger charge is 2.33. The number of Topliss-reactive ketones (excluding diaryl/α,β-unsaturated/α-hetero) is 2. The first-order valence-electron chi connectivity index (χ1n) is 10.5. The number of carbonyl (C=O) groups is 2. The van der Waals surface area contributed by atoms with Crippen molar-refractivity contribution in [2.45, 2.75) is 33.7 Å². The molecule has 1 atom stereocenters. The lowest BCUT2D eigenvalue weighted by atomic mass is 10.0. The molecule has 2 aromatic rings. The van der Waals surface area contributed by atoms with E-state index in [1.165, 1.54) is 9.80 Å². The molecule has 6 nitrogen and oxygen atoms in total. The lowest BCUT2D eigenvalue weighted by Crippen LogP contribution is -3.30. The van der Waals surface area contributed by atoms with Crippen molar-refractivity contribution in [1.82, 2.24) is 4.98 Å². The predicted octanol–water partition coefficient (Wildman–Crippen LogP) is 0.268. The number of hydrogen-bond donors (Lipinski definition) is 3. The van der Waals surface area contributed by atoms with Crippen LogP contribution in [0.2, 0.25) is 0 Å². The molecule has 3 rings (SSSR count). The van der Waals surface area contributed by atoms with Gasteiger partial charge >= 0.3 is 0 Å². The summed E-state index contributed by atoms with van der Waals surface area (Å²) in [7, 11) is 0. The molecule has 1 aromatic heterocycles. The predicted molar refractivity (Wildman–Crippen MR) is 112 cm³/mol. The van der Waals surface area contributed by atoms with E-state index >= 15 is 0 Å². The fourth-order valence-electron chi connectivity index (χ4n) is 4.36. The highest BCUT2D eigenvalue weighted by molar-refractivity contribution is 6.04. The van der Waals surface area contributed by atoms with E-state index in [0.717, 1.165) is 49.7 Å². The lowest BCUT2D eigenvalue weighted by molar-refractivity contribution is -1.02. The van der Waals surface area contributed by atoms with E-state index in [4.69, 9.17) is 4.74 Å². The molecular weight excluding hydrogens is 366 g/mol. The summed E-state index contributed by atoms with van der Waals surface area (Å²) < 4.78 is 5.81. The van der Waals surface area contributed by atoms with Gasteiger partial charge in [0.2, 0.25) is 5.78 Å². The second-order valence-electron chi connectivity index (χ2n) is 8.09. The van der Waals surface area contributed by atoms with Crippen LogP contribution in [0.5, 0.6) is 5.75 Å². The van der Waals surface area contributed by atoms with Crippen molar-refractivity contribution in [3.8, 4) is 5.75 Å². The molecule has 1 aliphatic heterocycles. The number of ether oxygens (including phenoxy) is 1. The summed E-state index contributed by atoms with van der Waals surface area (Å²) in [6.45, 7) is 13.0. The first-order chi connectivity index (χ1) is 13.9. The Morgan fingerprint density at radius 2 is 1.76 bits per heavy atom. The zero-order valence-corrected chi connectivity index (χ0v) is 17.9. The number of nitrogens with one attached hydrogen (secondary N) is 3. The maximum atomic E-state index is 13.1. The molecule has 2 heterocycles. The van der Waals surface area contributed by atoms with Crippen LogP contribution in [-0.4, -0.2) is 61.9 Å². The summed E-state index contributed by atoms with van der Waals surface area (Å²) in [6.07, 6.45) is 0. The number of para-hydroxylation sites is 1. The first kappa shape index (κ1) is 21.3. The summed E-state index contributed by atoms with van der Waals surface area (Å²) in [5.74, 6) is 1.02. The Kier molecular flexibility index (Phi) is 6.87. The van der Waals surface area contributed by atoms with Gasteiger partial charge in [0.15, 0.2) is 11.8 Å². The van der Waals surface area contributed by atoms with Crippen molar-refractivity contribution >= 4 is 11.6 Å². The van der Waals surface area contributed by atoms with Gasteiger partial charge in [0.05, 0.1) is 5.69 Å². The van der Waals surface area contributed by atoms with E-state index < -0.39 is 0 Å². The maximum absolute atomic E-state index is 13.1. The summed E-state index contributed by atoms with van der Waals surface area (Å²) in [6, 6.07) is 9.79. The van der Waals surface area contributed by atoms with Crippen LogP contribution in [0.25, 0.3) is 0 Å². The van der Waals surface area contributed by atoms with Gasteiger partial charge in [-0.2, -0.15) is 0 Å². The molecule has 0 aliphatic carbocycles. The molecule has 0 amide bonds. The number of piperazine rings is 1. The monoisotopic (exact) mass is 399 g/mol. The topological polar surface area (TPSA) is 68.0 Å². The first-order valence-corrected chi connectivity index (χ1v) is 10.5. The molecule has 1 saturated heterocycles. The minimum atomic E-state index is -0.117. The Morgan fingerprint density at radius 3 is 2.34 bits per heavy atom. The SMILES string of the molecule is CC(=O)c1c(C)[nH]c(C(=O)[C@H](C)[NH+]2CC[NH+](CCOc3ccccc3)CC2)c1C. The molecule has 6 heteroatoms. The number of benzene rings is 1. The van der Waals surface area contributed by atoms with E-state index in [0.29, 0.717) is 17.9 Å². The molecule has 1 aromatic carbocycles. The number of aromatic amines is 1. The Morgan fingerprint density at radius 1 is 1.10 bits per heavy atom. The molecule has 1 fully saturated rings. The third kappa shape index (κ3) is 4.95. The summed E-state index contributed by atoms with van der Waals surface area (Å²) in [4.78, 5) is 30.9. The molecule has 3 N–H and O–H groups in total. The largest absolute Gasteiger partial charge is 0.488 e. The minimum Gasteiger partial charge on any atom is -0.488 e. The van der Waals surface area contributed by atoms with Crippen molar-refractivity contribution in [3.05, 3.63) is 52.8 Å². The van der Waals surface area contributed by atoms with Gasteiger partial charge in [-0.15, -0.1) is 0 Å². The lowest BCUT2D eigenvalue weighted by Gasteiger charge is -2.32. The standard InChI is InChI=1S/C23H31N3O3/c1-16-21(19(4)27)17(2)24-22(16)23(28)18(3)26-12-10-25(11-13-26)14-15-29-20-8-6-5-7-9-20/h5-9,18,24H,10-15H2,1-4H3/p+2/t18-/m0/s1. The molecule has 156 valence electrons. The minimum absolute atomic E-state index is 0.00485. The quantitative estimate of drug-likeness (QED) is 0.558. The van der Waals surface area contributed by atoms with E-state index in [1.807, 2.05) is 51.1 Å². The number of aryl methyl sites for hydroxylation is 1. The van der Waals surface area contributed by atoms with E-state index in [2.05, 4.69) is 4.98 Å². The number of quaternary nitrogens is 2. The van der Waals surface area contributed by atoms with Gasteiger partial charge in [-0.25, -0.2) is 0 Å². The van der Waals surface area contributed by atoms with Crippen molar-refractivity contribution < 1.29 is 24.1 Å². The second kappa shape index (κ2) is 9.37. The molecule has 1 aliphatic rings. The Balaban J connectivity index is 1.51. The number of aromatic nitrogens is 1. The number of H-pyrrole nitrogens is 1. The van der Waals surface area contributed by atoms with Crippen LogP contribution in [0.4, 0.5) is 0 Å². The average molecular weight is 400 g/mol. The van der Waals surface area contributed by atoms with Gasteiger partial charge in [-0.05, 0) is 45.4 Å². The van der Waals surface area contributed by atoms with Crippen LogP contribution < -0.4 is 14.5 Å². The summed E-state index contributed by atoms with van der Waals surface area (Å²) in [5.41, 5.74) is 2.82. The van der Waals surface area contributed by atoms with Crippen molar-refractivity contribution in [3.63, 3.8) is 0 Å². The molecule has 0 unspecified atom stereocenters. The molecule has 0 spiro atoms. The number of hydrogen-bond acceptors (Lipinski definition) is 3. The average Bonchev–Trinajstić information content (AvgIpc) is 3.02. The van der Waals surface area contributed by atoms with Crippen molar-refractivity contribution in [2.24, 2.45) is 0 Å². The fourth-order valence-corrected chi connectivity index (χ4v) is 4.36. The smallest absolute Gasteiger partial charge is 0.235 e. The van der Waals surface area contributed by atoms with Gasteiger partial charge in [0.1, 0.15) is 45.1 Å². The third-order valence-corrected chi connectivity index (χ3v) is 6.11. The van der Waals surface area contributed by atoms with E-state index in [9.17, 15) is 9.59 Å². The van der Waals surface area contributed by atoms with Crippen LogP contribution in [0.3, 0.4) is 0 Å². The van der Waals surface area contributed by atoms with Crippen LogP contribution in [0.1, 0.15) is 46.0 Å². The van der Waals surface area contributed by atoms with Crippen molar-refractivity contribution in [1.29, 1.82) is 0 Å². The number of ketones is 2. The van der Waals surface area contributed by atoms with E-state index in [1.54, 1.807) is 6.92 Å². The van der Waals surface area contributed by atoms with Crippen LogP contribution in [0.15, 0.2) is 30.3 Å². The highest BCUT2D eigenvalue weighted by atomic mass is 16.5. The Labute approximate surface area is 172 Å². The number of rotatable bonds is 8. The zero-order valence-electron chi connectivity index (χ0n) is 17.9. The van der Waals surface area contributed by atoms with Crippen LogP contribution in [-0.2, 0) is 0 Å². The second-order valence-corrected chi connectivity index (χ2v) is 8.09. The summed E-state index contributed by atoms with van der Waals surface area (Å²) in [5, 5.41) is 0. The normalized spacial score (nSPS) is 20.3. The molecule has 0 saturated carbocycles. The Bertz CT molecular complexity index is 852.